The predicted molar refractivity (Wildman–Crippen MR) is 89.3 cm³/mol. The highest BCUT2D eigenvalue weighted by molar-refractivity contribution is 5.89. The Kier molecular flexibility index (Phi) is 5.85. The molecule has 1 atom stereocenters. The summed E-state index contributed by atoms with van der Waals surface area (Å²) in [6.45, 7) is 1.61. The van der Waals surface area contributed by atoms with E-state index in [0.29, 0.717) is 5.56 Å². The summed E-state index contributed by atoms with van der Waals surface area (Å²) in [5.74, 6) is -2.48. The van der Waals surface area contributed by atoms with E-state index in [2.05, 4.69) is 0 Å². The van der Waals surface area contributed by atoms with Crippen molar-refractivity contribution in [3.63, 3.8) is 0 Å². The Bertz CT molecular complexity index is 792. The Morgan fingerprint density at radius 2 is 1.84 bits per heavy atom. The first-order chi connectivity index (χ1) is 11.8. The second kappa shape index (κ2) is 7.88. The number of carboxylic acid groups (broad SMARTS) is 1. The fourth-order valence-corrected chi connectivity index (χ4v) is 2.62. The minimum atomic E-state index is -1.05. The summed E-state index contributed by atoms with van der Waals surface area (Å²) in [4.78, 5) is 24.9. The van der Waals surface area contributed by atoms with Crippen LogP contribution in [0, 0.1) is 11.6 Å². The lowest BCUT2D eigenvalue weighted by Crippen LogP contribution is -2.30. The lowest BCUT2D eigenvalue weighted by Gasteiger charge is -2.26. The summed E-state index contributed by atoms with van der Waals surface area (Å²) in [6, 6.07) is 8.96. The van der Waals surface area contributed by atoms with Gasteiger partial charge in [0.25, 0.3) is 0 Å². The number of rotatable bonds is 6. The van der Waals surface area contributed by atoms with Crippen molar-refractivity contribution in [2.24, 2.45) is 0 Å². The van der Waals surface area contributed by atoms with E-state index in [1.165, 1.54) is 18.0 Å². The van der Waals surface area contributed by atoms with Gasteiger partial charge in [0.2, 0.25) is 5.91 Å². The van der Waals surface area contributed by atoms with E-state index in [0.717, 1.165) is 18.2 Å². The van der Waals surface area contributed by atoms with Crippen molar-refractivity contribution >= 4 is 11.9 Å². The number of carbonyl (C=O) groups is 2. The van der Waals surface area contributed by atoms with Gasteiger partial charge in [-0.25, -0.2) is 13.6 Å². The van der Waals surface area contributed by atoms with Crippen LogP contribution in [0.2, 0.25) is 0 Å². The number of nitrogens with zero attached hydrogens (tertiary/aromatic N) is 1. The lowest BCUT2D eigenvalue weighted by atomic mass is 10.0. The average molecular weight is 347 g/mol. The molecule has 0 aliphatic carbocycles. The highest BCUT2D eigenvalue weighted by Gasteiger charge is 2.21. The molecule has 0 heterocycles. The molecule has 1 unspecified atom stereocenters. The molecule has 2 rings (SSSR count). The normalized spacial score (nSPS) is 11.8. The topological polar surface area (TPSA) is 57.6 Å². The van der Waals surface area contributed by atoms with Gasteiger partial charge in [-0.1, -0.05) is 18.2 Å². The number of benzene rings is 2. The van der Waals surface area contributed by atoms with Gasteiger partial charge in [-0.15, -0.1) is 0 Å². The summed E-state index contributed by atoms with van der Waals surface area (Å²) in [6.07, 6.45) is 0.325. The van der Waals surface area contributed by atoms with Gasteiger partial charge in [0, 0.05) is 19.0 Å². The van der Waals surface area contributed by atoms with Crippen LogP contribution in [-0.2, 0) is 11.2 Å². The molecule has 25 heavy (non-hydrogen) atoms. The zero-order valence-corrected chi connectivity index (χ0v) is 14.0. The zero-order valence-electron chi connectivity index (χ0n) is 14.0. The van der Waals surface area contributed by atoms with Gasteiger partial charge >= 0.3 is 5.97 Å². The van der Waals surface area contributed by atoms with Crippen LogP contribution in [0.25, 0.3) is 0 Å². The second-order valence-corrected chi connectivity index (χ2v) is 5.81. The van der Waals surface area contributed by atoms with E-state index in [4.69, 9.17) is 5.11 Å². The molecule has 0 fully saturated rings. The van der Waals surface area contributed by atoms with Gasteiger partial charge in [-0.3, -0.25) is 4.79 Å². The number of hydrogen-bond acceptors (Lipinski definition) is 2. The molecule has 0 aliphatic rings. The summed E-state index contributed by atoms with van der Waals surface area (Å²) in [5.41, 5.74) is 0.810. The monoisotopic (exact) mass is 347 g/mol. The first kappa shape index (κ1) is 18.6. The van der Waals surface area contributed by atoms with E-state index in [-0.39, 0.29) is 29.9 Å². The summed E-state index contributed by atoms with van der Waals surface area (Å²) < 4.78 is 27.2. The molecule has 0 radical (unpaired) electrons. The fraction of sp³-hybridized carbons (Fsp3) is 0.263. The average Bonchev–Trinajstić information content (AvgIpc) is 2.60. The van der Waals surface area contributed by atoms with E-state index >= 15 is 0 Å². The van der Waals surface area contributed by atoms with Crippen molar-refractivity contribution in [2.75, 3.05) is 7.05 Å². The van der Waals surface area contributed by atoms with Crippen molar-refractivity contribution < 1.29 is 23.5 Å². The second-order valence-electron chi connectivity index (χ2n) is 5.81. The van der Waals surface area contributed by atoms with Gasteiger partial charge in [0.15, 0.2) is 0 Å². The molecule has 0 aromatic heterocycles. The minimum absolute atomic E-state index is 0.0715. The van der Waals surface area contributed by atoms with Crippen LogP contribution in [0.4, 0.5) is 8.78 Å². The van der Waals surface area contributed by atoms with Crippen LogP contribution in [0.15, 0.2) is 42.5 Å². The Balaban J connectivity index is 2.08. The highest BCUT2D eigenvalue weighted by atomic mass is 19.1. The molecule has 1 N–H and O–H groups in total. The molecule has 0 saturated heterocycles. The molecular formula is C19H19F2NO3. The number of amides is 1. The number of aryl methyl sites for hydroxylation is 1. The molecule has 2 aromatic rings. The van der Waals surface area contributed by atoms with Crippen LogP contribution in [-0.4, -0.2) is 28.9 Å². The lowest BCUT2D eigenvalue weighted by molar-refractivity contribution is -0.131. The van der Waals surface area contributed by atoms with Gasteiger partial charge in [0.05, 0.1) is 11.6 Å². The first-order valence-corrected chi connectivity index (χ1v) is 7.83. The van der Waals surface area contributed by atoms with Crippen LogP contribution in [0.5, 0.6) is 0 Å². The molecule has 0 spiro atoms. The molecular weight excluding hydrogens is 328 g/mol. The largest absolute Gasteiger partial charge is 0.478 e. The number of hydrogen-bond donors (Lipinski definition) is 1. The Hall–Kier alpha value is -2.76. The number of halogens is 2. The molecule has 4 nitrogen and oxygen atoms in total. The molecule has 132 valence electrons. The van der Waals surface area contributed by atoms with Gasteiger partial charge in [-0.2, -0.15) is 0 Å². The molecule has 0 aliphatic heterocycles. The predicted octanol–water partition coefficient (Wildman–Crippen LogP) is 3.82. The van der Waals surface area contributed by atoms with Crippen molar-refractivity contribution in [2.45, 2.75) is 25.8 Å². The Morgan fingerprint density at radius 1 is 1.16 bits per heavy atom. The third kappa shape index (κ3) is 4.41. The number of aromatic carboxylic acids is 1. The van der Waals surface area contributed by atoms with Crippen LogP contribution in [0.3, 0.4) is 0 Å². The fourth-order valence-electron chi connectivity index (χ4n) is 2.62. The van der Waals surface area contributed by atoms with Crippen molar-refractivity contribution in [1.82, 2.24) is 4.90 Å². The Labute approximate surface area is 144 Å². The summed E-state index contributed by atoms with van der Waals surface area (Å²) >= 11 is 0. The molecule has 0 bridgehead atoms. The molecule has 1 amide bonds. The van der Waals surface area contributed by atoms with Crippen LogP contribution >= 0.6 is 0 Å². The SMILES string of the molecule is CC(c1cc(F)ccc1F)N(C)C(=O)CCc1ccccc1C(=O)O. The maximum absolute atomic E-state index is 13.9. The molecule has 0 saturated carbocycles. The standard InChI is InChI=1S/C19H19F2NO3/c1-12(16-11-14(20)8-9-17(16)21)22(2)18(23)10-7-13-5-3-4-6-15(13)19(24)25/h3-6,8-9,11-12H,7,10H2,1-2H3,(H,24,25). The Morgan fingerprint density at radius 3 is 2.52 bits per heavy atom. The number of carboxylic acids is 1. The van der Waals surface area contributed by atoms with E-state index < -0.39 is 23.6 Å². The van der Waals surface area contributed by atoms with Crippen molar-refractivity contribution in [3.8, 4) is 0 Å². The highest BCUT2D eigenvalue weighted by Crippen LogP contribution is 2.24. The first-order valence-electron chi connectivity index (χ1n) is 7.83. The van der Waals surface area contributed by atoms with Gasteiger partial charge < -0.3 is 10.0 Å². The third-order valence-corrected chi connectivity index (χ3v) is 4.24. The van der Waals surface area contributed by atoms with Crippen molar-refractivity contribution in [3.05, 3.63) is 70.8 Å². The minimum Gasteiger partial charge on any atom is -0.478 e. The third-order valence-electron chi connectivity index (χ3n) is 4.24. The zero-order chi connectivity index (χ0) is 18.6. The summed E-state index contributed by atoms with van der Waals surface area (Å²) in [7, 11) is 1.51. The maximum atomic E-state index is 13.9. The molecule has 2 aromatic carbocycles. The smallest absolute Gasteiger partial charge is 0.335 e. The van der Waals surface area contributed by atoms with Crippen LogP contribution in [0.1, 0.15) is 40.9 Å². The molecule has 6 heteroatoms. The quantitative estimate of drug-likeness (QED) is 0.864. The van der Waals surface area contributed by atoms with E-state index in [9.17, 15) is 18.4 Å². The van der Waals surface area contributed by atoms with Crippen molar-refractivity contribution in [1.29, 1.82) is 0 Å². The summed E-state index contributed by atoms with van der Waals surface area (Å²) in [5, 5.41) is 9.16. The van der Waals surface area contributed by atoms with Crippen LogP contribution < -0.4 is 0 Å². The number of carbonyl (C=O) groups excluding carboxylic acids is 1. The van der Waals surface area contributed by atoms with Gasteiger partial charge in [-0.05, 0) is 43.2 Å². The maximum Gasteiger partial charge on any atom is 0.335 e. The van der Waals surface area contributed by atoms with E-state index in [1.54, 1.807) is 25.1 Å². The van der Waals surface area contributed by atoms with Gasteiger partial charge in [0.1, 0.15) is 11.6 Å². The van der Waals surface area contributed by atoms with E-state index in [1.807, 2.05) is 0 Å².